The molecule has 1 fully saturated rings. The van der Waals surface area contributed by atoms with Gasteiger partial charge in [-0.3, -0.25) is 4.79 Å². The molecule has 0 radical (unpaired) electrons. The highest BCUT2D eigenvalue weighted by Gasteiger charge is 2.49. The van der Waals surface area contributed by atoms with Gasteiger partial charge in [-0.15, -0.1) is 0 Å². The lowest BCUT2D eigenvalue weighted by Crippen LogP contribution is -2.59. The fourth-order valence-electron chi connectivity index (χ4n) is 2.78. The van der Waals surface area contributed by atoms with Crippen LogP contribution in [-0.2, 0) is 14.3 Å². The lowest BCUT2D eigenvalue weighted by Gasteiger charge is -2.40. The normalized spacial score (nSPS) is 28.7. The maximum atomic E-state index is 11.9. The van der Waals surface area contributed by atoms with Crippen LogP contribution in [0.2, 0.25) is 0 Å². The molecule has 1 aromatic carbocycles. The maximum Gasteiger partial charge on any atom is 0.331 e. The number of hydrogen-bond acceptors (Lipinski definition) is 8. The van der Waals surface area contributed by atoms with E-state index in [1.54, 1.807) is 0 Å². The van der Waals surface area contributed by atoms with Crippen molar-refractivity contribution in [2.45, 2.75) is 36.8 Å². The van der Waals surface area contributed by atoms with Crippen molar-refractivity contribution < 1.29 is 39.9 Å². The zero-order valence-corrected chi connectivity index (χ0v) is 14.0. The predicted octanol–water partition coefficient (Wildman–Crippen LogP) is -0.984. The third-order valence-electron chi connectivity index (χ3n) is 4.19. The van der Waals surface area contributed by atoms with Gasteiger partial charge in [0.2, 0.25) is 0 Å². The zero-order valence-electron chi connectivity index (χ0n) is 14.0. The summed E-state index contributed by atoms with van der Waals surface area (Å²) in [6.07, 6.45) is -2.62. The number of carbonyl (C=O) groups excluding carboxylic acids is 2. The summed E-state index contributed by atoms with van der Waals surface area (Å²) in [6.45, 7) is 0. The number of hydrogen-bond donors (Lipinski definition) is 6. The van der Waals surface area contributed by atoms with Crippen LogP contribution in [0.1, 0.15) is 18.4 Å². The van der Waals surface area contributed by atoms with Crippen molar-refractivity contribution in [3.8, 4) is 11.5 Å². The Bertz CT molecular complexity index is 719. The number of phenols is 2. The van der Waals surface area contributed by atoms with Crippen LogP contribution in [0.4, 0.5) is 0 Å². The van der Waals surface area contributed by atoms with E-state index in [1.165, 1.54) is 31.3 Å². The summed E-state index contributed by atoms with van der Waals surface area (Å²) >= 11 is 0. The van der Waals surface area contributed by atoms with Gasteiger partial charge in [0.05, 0.1) is 6.10 Å². The average molecular weight is 367 g/mol. The summed E-state index contributed by atoms with van der Waals surface area (Å²) < 4.78 is 5.05. The lowest BCUT2D eigenvalue weighted by atomic mass is 9.79. The number of aliphatic hydroxyl groups is 3. The van der Waals surface area contributed by atoms with E-state index in [4.69, 9.17) is 4.74 Å². The second-order valence-electron chi connectivity index (χ2n) is 6.13. The molecule has 0 aliphatic heterocycles. The molecule has 0 unspecified atom stereocenters. The van der Waals surface area contributed by atoms with Crippen LogP contribution in [0, 0.1) is 0 Å². The molecule has 1 saturated carbocycles. The van der Waals surface area contributed by atoms with Crippen molar-refractivity contribution in [2.24, 2.45) is 0 Å². The molecule has 6 N–H and O–H groups in total. The third kappa shape index (κ3) is 4.31. The highest BCUT2D eigenvalue weighted by atomic mass is 16.6. The van der Waals surface area contributed by atoms with Gasteiger partial charge >= 0.3 is 5.97 Å². The van der Waals surface area contributed by atoms with Crippen LogP contribution >= 0.6 is 0 Å². The zero-order chi connectivity index (χ0) is 19.5. The molecular weight excluding hydrogens is 346 g/mol. The molecule has 0 aromatic heterocycles. The monoisotopic (exact) mass is 367 g/mol. The number of amides is 1. The predicted molar refractivity (Wildman–Crippen MR) is 88.9 cm³/mol. The van der Waals surface area contributed by atoms with Crippen LogP contribution in [-0.4, -0.2) is 68.4 Å². The van der Waals surface area contributed by atoms with Crippen LogP contribution in [0.15, 0.2) is 24.3 Å². The van der Waals surface area contributed by atoms with Crippen molar-refractivity contribution >= 4 is 18.0 Å². The van der Waals surface area contributed by atoms with Gasteiger partial charge in [-0.2, -0.15) is 0 Å². The number of ether oxygens (including phenoxy) is 1. The smallest absolute Gasteiger partial charge is 0.331 e. The van der Waals surface area contributed by atoms with Gasteiger partial charge in [0.25, 0.3) is 5.91 Å². The van der Waals surface area contributed by atoms with E-state index in [0.29, 0.717) is 5.56 Å². The highest BCUT2D eigenvalue weighted by Crippen LogP contribution is 2.31. The number of rotatable bonds is 4. The van der Waals surface area contributed by atoms with Crippen molar-refractivity contribution in [3.63, 3.8) is 0 Å². The standard InChI is InChI=1S/C17H21NO8/c1-18-16(24)17(25)7-12(21)15(23)13(8-17)26-14(22)5-3-9-2-4-10(19)11(20)6-9/h2-6,12-13,15,19-21,23,25H,7-8H2,1H3,(H,18,24)/b5-3+/t12-,13-,15+,17-/m1/s1. The number of carbonyl (C=O) groups is 2. The highest BCUT2D eigenvalue weighted by molar-refractivity contribution is 5.88. The van der Waals surface area contributed by atoms with Crippen LogP contribution in [0.3, 0.4) is 0 Å². The summed E-state index contributed by atoms with van der Waals surface area (Å²) in [5, 5.41) is 51.0. The van der Waals surface area contributed by atoms with E-state index in [2.05, 4.69) is 5.32 Å². The van der Waals surface area contributed by atoms with Crippen molar-refractivity contribution in [3.05, 3.63) is 29.8 Å². The van der Waals surface area contributed by atoms with Gasteiger partial charge in [0, 0.05) is 26.0 Å². The number of nitrogens with one attached hydrogen (secondary N) is 1. The molecule has 142 valence electrons. The number of likely N-dealkylation sites (N-methyl/N-ethyl adjacent to an activating group) is 1. The van der Waals surface area contributed by atoms with Gasteiger partial charge in [0.1, 0.15) is 17.8 Å². The van der Waals surface area contributed by atoms with Crippen molar-refractivity contribution in [1.82, 2.24) is 5.32 Å². The number of aromatic hydroxyl groups is 2. The quantitative estimate of drug-likeness (QED) is 0.225. The molecule has 1 aromatic rings. The molecule has 26 heavy (non-hydrogen) atoms. The van der Waals surface area contributed by atoms with Gasteiger partial charge in [-0.1, -0.05) is 6.07 Å². The molecule has 1 aliphatic rings. The molecule has 9 nitrogen and oxygen atoms in total. The Hall–Kier alpha value is -2.62. The first kappa shape index (κ1) is 19.7. The largest absolute Gasteiger partial charge is 0.504 e. The Balaban J connectivity index is 2.07. The minimum Gasteiger partial charge on any atom is -0.504 e. The number of esters is 1. The summed E-state index contributed by atoms with van der Waals surface area (Å²) in [6, 6.07) is 3.91. The topological polar surface area (TPSA) is 157 Å². The van der Waals surface area contributed by atoms with Gasteiger partial charge in [-0.05, 0) is 23.8 Å². The van der Waals surface area contributed by atoms with Crippen molar-refractivity contribution in [1.29, 1.82) is 0 Å². The molecule has 4 atom stereocenters. The summed E-state index contributed by atoms with van der Waals surface area (Å²) in [5.74, 6) is -2.30. The Morgan fingerprint density at radius 3 is 2.54 bits per heavy atom. The van der Waals surface area contributed by atoms with E-state index >= 15 is 0 Å². The molecule has 0 bridgehead atoms. The van der Waals surface area contributed by atoms with E-state index in [0.717, 1.165) is 6.08 Å². The number of aliphatic hydroxyl groups excluding tert-OH is 2. The number of phenolic OH excluding ortho intramolecular Hbond substituents is 2. The summed E-state index contributed by atoms with van der Waals surface area (Å²) in [7, 11) is 1.31. The Labute approximate surface area is 149 Å². The molecule has 0 heterocycles. The summed E-state index contributed by atoms with van der Waals surface area (Å²) in [5.41, 5.74) is -1.56. The fourth-order valence-corrected chi connectivity index (χ4v) is 2.78. The molecular formula is C17H21NO8. The second kappa shape index (κ2) is 7.73. The summed E-state index contributed by atoms with van der Waals surface area (Å²) in [4.78, 5) is 23.7. The first-order valence-corrected chi connectivity index (χ1v) is 7.87. The third-order valence-corrected chi connectivity index (χ3v) is 4.19. The Morgan fingerprint density at radius 2 is 1.92 bits per heavy atom. The first-order valence-electron chi connectivity index (χ1n) is 7.87. The van der Waals surface area contributed by atoms with E-state index in [-0.39, 0.29) is 24.3 Å². The van der Waals surface area contributed by atoms with Crippen molar-refractivity contribution in [2.75, 3.05) is 7.05 Å². The molecule has 1 aliphatic carbocycles. The fraction of sp³-hybridized carbons (Fsp3) is 0.412. The van der Waals surface area contributed by atoms with Crippen LogP contribution < -0.4 is 5.32 Å². The Kier molecular flexibility index (Phi) is 5.86. The van der Waals surface area contributed by atoms with Gasteiger partial charge in [-0.25, -0.2) is 4.79 Å². The SMILES string of the molecule is CNC(=O)[C@@]1(O)C[C@@H](O)[C@H](O)[C@H](OC(=O)/C=C/c2ccc(O)c(O)c2)C1. The molecule has 1 amide bonds. The molecule has 9 heteroatoms. The molecule has 0 saturated heterocycles. The van der Waals surface area contributed by atoms with E-state index in [9.17, 15) is 35.1 Å². The lowest BCUT2D eigenvalue weighted by molar-refractivity contribution is -0.186. The van der Waals surface area contributed by atoms with E-state index < -0.39 is 35.8 Å². The average Bonchev–Trinajstić information content (AvgIpc) is 2.59. The molecule has 0 spiro atoms. The maximum absolute atomic E-state index is 11.9. The van der Waals surface area contributed by atoms with Crippen LogP contribution in [0.25, 0.3) is 6.08 Å². The minimum atomic E-state index is -1.97. The second-order valence-corrected chi connectivity index (χ2v) is 6.13. The van der Waals surface area contributed by atoms with Crippen LogP contribution in [0.5, 0.6) is 11.5 Å². The van der Waals surface area contributed by atoms with Gasteiger partial charge in [0.15, 0.2) is 11.5 Å². The molecule has 2 rings (SSSR count). The van der Waals surface area contributed by atoms with Gasteiger partial charge < -0.3 is 35.6 Å². The number of benzene rings is 1. The Morgan fingerprint density at radius 1 is 1.23 bits per heavy atom. The van der Waals surface area contributed by atoms with E-state index in [1.807, 2.05) is 0 Å². The first-order chi connectivity index (χ1) is 12.2. The minimum absolute atomic E-state index is 0.308.